The molecule has 0 spiro atoms. The van der Waals surface area contributed by atoms with E-state index < -0.39 is 0 Å². The number of ether oxygens (including phenoxy) is 1. The molecule has 0 aliphatic heterocycles. The minimum absolute atomic E-state index is 0.206. The fourth-order valence-corrected chi connectivity index (χ4v) is 2.62. The second-order valence-corrected chi connectivity index (χ2v) is 6.44. The van der Waals surface area contributed by atoms with Crippen LogP contribution in [0.15, 0.2) is 47.0 Å². The largest absolute Gasteiger partial charge is 0.489 e. The Hall–Kier alpha value is -2.79. The lowest BCUT2D eigenvalue weighted by Crippen LogP contribution is -2.11. The van der Waals surface area contributed by atoms with E-state index in [1.807, 2.05) is 32.9 Å². The highest BCUT2D eigenvalue weighted by molar-refractivity contribution is 6.31. The maximum atomic E-state index is 12.3. The number of halogens is 1. The number of aryl methyl sites for hydroxylation is 3. The molecule has 3 aromatic rings. The number of nitrogens with zero attached hydrogens (tertiary/aromatic N) is 1. The summed E-state index contributed by atoms with van der Waals surface area (Å²) in [6.07, 6.45) is 0. The first-order chi connectivity index (χ1) is 12.4. The number of amides is 1. The Labute approximate surface area is 156 Å². The van der Waals surface area contributed by atoms with Crippen molar-refractivity contribution in [3.8, 4) is 5.75 Å². The quantitative estimate of drug-likeness (QED) is 0.679. The highest BCUT2D eigenvalue weighted by Crippen LogP contribution is 2.21. The van der Waals surface area contributed by atoms with E-state index in [1.54, 1.807) is 30.3 Å². The van der Waals surface area contributed by atoms with Crippen LogP contribution in [0, 0.1) is 20.8 Å². The fraction of sp³-hybridized carbons (Fsp3) is 0.200. The maximum Gasteiger partial charge on any atom is 0.255 e. The van der Waals surface area contributed by atoms with E-state index in [2.05, 4.69) is 10.5 Å². The van der Waals surface area contributed by atoms with E-state index in [4.69, 9.17) is 20.9 Å². The number of aromatic nitrogens is 1. The number of hydrogen-bond donors (Lipinski definition) is 1. The van der Waals surface area contributed by atoms with Gasteiger partial charge in [-0.25, -0.2) is 0 Å². The molecule has 134 valence electrons. The van der Waals surface area contributed by atoms with Crippen molar-refractivity contribution < 1.29 is 14.1 Å². The predicted octanol–water partition coefficient (Wildman–Crippen LogP) is 5.08. The molecular weight excluding hydrogens is 352 g/mol. The van der Waals surface area contributed by atoms with Crippen molar-refractivity contribution >= 4 is 23.2 Å². The molecule has 3 rings (SSSR count). The normalized spacial score (nSPS) is 10.6. The molecule has 1 aromatic heterocycles. The summed E-state index contributed by atoms with van der Waals surface area (Å²) in [6, 6.07) is 12.4. The molecule has 1 N–H and O–H groups in total. The van der Waals surface area contributed by atoms with E-state index in [-0.39, 0.29) is 5.91 Å². The van der Waals surface area contributed by atoms with Crippen LogP contribution >= 0.6 is 11.6 Å². The van der Waals surface area contributed by atoms with E-state index in [1.165, 1.54) is 0 Å². The Morgan fingerprint density at radius 2 is 1.88 bits per heavy atom. The average molecular weight is 371 g/mol. The molecule has 0 unspecified atom stereocenters. The SMILES string of the molecule is Cc1ccc(NC(=O)c2ccc(OCc3c(C)noc3C)cc2)cc1Cl. The van der Waals surface area contributed by atoms with Gasteiger partial charge in [-0.05, 0) is 62.7 Å². The van der Waals surface area contributed by atoms with Gasteiger partial charge in [-0.3, -0.25) is 4.79 Å². The topological polar surface area (TPSA) is 64.4 Å². The van der Waals surface area contributed by atoms with E-state index >= 15 is 0 Å². The van der Waals surface area contributed by atoms with Crippen molar-refractivity contribution in [1.29, 1.82) is 0 Å². The Balaban J connectivity index is 1.63. The molecule has 0 atom stereocenters. The summed E-state index contributed by atoms with van der Waals surface area (Å²) in [5, 5.41) is 7.35. The number of carbonyl (C=O) groups excluding carboxylic acids is 1. The molecule has 0 saturated heterocycles. The van der Waals surface area contributed by atoms with Crippen molar-refractivity contribution in [3.63, 3.8) is 0 Å². The Morgan fingerprint density at radius 1 is 1.15 bits per heavy atom. The van der Waals surface area contributed by atoms with Crippen LogP contribution < -0.4 is 10.1 Å². The van der Waals surface area contributed by atoms with Crippen LogP contribution in [0.25, 0.3) is 0 Å². The lowest BCUT2D eigenvalue weighted by molar-refractivity contribution is 0.102. The van der Waals surface area contributed by atoms with E-state index in [9.17, 15) is 4.79 Å². The zero-order chi connectivity index (χ0) is 18.7. The molecule has 0 aliphatic carbocycles. The zero-order valence-electron chi connectivity index (χ0n) is 14.8. The van der Waals surface area contributed by atoms with E-state index in [0.29, 0.717) is 28.6 Å². The minimum Gasteiger partial charge on any atom is -0.489 e. The summed E-state index contributed by atoms with van der Waals surface area (Å²) < 4.78 is 10.9. The lowest BCUT2D eigenvalue weighted by Gasteiger charge is -2.09. The molecular formula is C20H19ClN2O3. The molecule has 1 amide bonds. The van der Waals surface area contributed by atoms with Gasteiger partial charge >= 0.3 is 0 Å². The number of carbonyl (C=O) groups is 1. The number of hydrogen-bond acceptors (Lipinski definition) is 4. The minimum atomic E-state index is -0.206. The summed E-state index contributed by atoms with van der Waals surface area (Å²) in [6.45, 7) is 6.01. The fourth-order valence-electron chi connectivity index (χ4n) is 2.44. The molecule has 0 radical (unpaired) electrons. The van der Waals surface area contributed by atoms with Crippen molar-refractivity contribution in [2.45, 2.75) is 27.4 Å². The van der Waals surface area contributed by atoms with Gasteiger partial charge in [0.25, 0.3) is 5.91 Å². The first-order valence-electron chi connectivity index (χ1n) is 8.16. The van der Waals surface area contributed by atoms with Crippen LogP contribution in [0.5, 0.6) is 5.75 Å². The summed E-state index contributed by atoms with van der Waals surface area (Å²) in [5.74, 6) is 1.21. The Morgan fingerprint density at radius 3 is 2.50 bits per heavy atom. The lowest BCUT2D eigenvalue weighted by atomic mass is 10.2. The third-order valence-corrected chi connectivity index (χ3v) is 4.52. The number of rotatable bonds is 5. The third-order valence-electron chi connectivity index (χ3n) is 4.11. The molecule has 26 heavy (non-hydrogen) atoms. The maximum absolute atomic E-state index is 12.3. The van der Waals surface area contributed by atoms with Gasteiger partial charge in [0.1, 0.15) is 18.1 Å². The molecule has 0 aliphatic rings. The molecule has 2 aromatic carbocycles. The van der Waals surface area contributed by atoms with Crippen molar-refractivity contribution in [2.24, 2.45) is 0 Å². The number of nitrogens with one attached hydrogen (secondary N) is 1. The van der Waals surface area contributed by atoms with Crippen molar-refractivity contribution in [1.82, 2.24) is 5.16 Å². The van der Waals surface area contributed by atoms with Gasteiger partial charge in [0.2, 0.25) is 0 Å². The summed E-state index contributed by atoms with van der Waals surface area (Å²) in [4.78, 5) is 12.3. The number of anilines is 1. The summed E-state index contributed by atoms with van der Waals surface area (Å²) in [5.41, 5.74) is 3.90. The molecule has 1 heterocycles. The standard InChI is InChI=1S/C20H19ClN2O3/c1-12-4-7-16(10-19(12)21)22-20(24)15-5-8-17(9-6-15)25-11-18-13(2)23-26-14(18)3/h4-10H,11H2,1-3H3,(H,22,24). The van der Waals surface area contributed by atoms with E-state index in [0.717, 1.165) is 22.6 Å². The van der Waals surface area contributed by atoms with Gasteiger partial charge in [-0.15, -0.1) is 0 Å². The first-order valence-corrected chi connectivity index (χ1v) is 8.54. The van der Waals surface area contributed by atoms with Crippen LogP contribution in [0.2, 0.25) is 5.02 Å². The Bertz CT molecular complexity index is 913. The van der Waals surface area contributed by atoms with Gasteiger partial charge in [-0.1, -0.05) is 22.8 Å². The first kappa shape index (κ1) is 18.0. The van der Waals surface area contributed by atoms with Gasteiger partial charge in [0.05, 0.1) is 11.3 Å². The number of benzene rings is 2. The Kier molecular flexibility index (Phi) is 5.28. The van der Waals surface area contributed by atoms with Crippen LogP contribution in [0.3, 0.4) is 0 Å². The molecule has 0 saturated carbocycles. The van der Waals surface area contributed by atoms with Crippen LogP contribution in [-0.2, 0) is 6.61 Å². The highest BCUT2D eigenvalue weighted by Gasteiger charge is 2.11. The van der Waals surface area contributed by atoms with Gasteiger partial charge in [0, 0.05) is 16.3 Å². The zero-order valence-corrected chi connectivity index (χ0v) is 15.6. The monoisotopic (exact) mass is 370 g/mol. The molecule has 6 heteroatoms. The highest BCUT2D eigenvalue weighted by atomic mass is 35.5. The van der Waals surface area contributed by atoms with Gasteiger partial charge < -0.3 is 14.6 Å². The van der Waals surface area contributed by atoms with Crippen LogP contribution in [-0.4, -0.2) is 11.1 Å². The van der Waals surface area contributed by atoms with Crippen LogP contribution in [0.1, 0.15) is 32.9 Å². The van der Waals surface area contributed by atoms with Crippen molar-refractivity contribution in [3.05, 3.63) is 75.6 Å². The molecule has 5 nitrogen and oxygen atoms in total. The molecule has 0 fully saturated rings. The van der Waals surface area contributed by atoms with Gasteiger partial charge in [-0.2, -0.15) is 0 Å². The van der Waals surface area contributed by atoms with Crippen LogP contribution in [0.4, 0.5) is 5.69 Å². The second-order valence-electron chi connectivity index (χ2n) is 6.03. The summed E-state index contributed by atoms with van der Waals surface area (Å²) >= 11 is 6.08. The smallest absolute Gasteiger partial charge is 0.255 e. The second kappa shape index (κ2) is 7.62. The average Bonchev–Trinajstić information content (AvgIpc) is 2.95. The summed E-state index contributed by atoms with van der Waals surface area (Å²) in [7, 11) is 0. The van der Waals surface area contributed by atoms with Gasteiger partial charge in [0.15, 0.2) is 0 Å². The van der Waals surface area contributed by atoms with Crippen molar-refractivity contribution in [2.75, 3.05) is 5.32 Å². The molecule has 0 bridgehead atoms. The predicted molar refractivity (Wildman–Crippen MR) is 101 cm³/mol. The third kappa shape index (κ3) is 4.06.